The lowest BCUT2D eigenvalue weighted by molar-refractivity contribution is 0.348. The third-order valence-corrected chi connectivity index (χ3v) is 6.81. The quantitative estimate of drug-likeness (QED) is 0.854. The first-order chi connectivity index (χ1) is 9.32. The van der Waals surface area contributed by atoms with Crippen LogP contribution in [0, 0.1) is 17.6 Å². The predicted octanol–water partition coefficient (Wildman–Crippen LogP) is 2.57. The molecule has 0 saturated heterocycles. The summed E-state index contributed by atoms with van der Waals surface area (Å²) in [5.74, 6) is -1.95. The predicted molar refractivity (Wildman–Crippen MR) is 71.1 cm³/mol. The second-order valence-corrected chi connectivity index (χ2v) is 8.08. The number of benzene rings is 1. The number of hydrogen-bond acceptors (Lipinski definition) is 3. The minimum atomic E-state index is -3.75. The zero-order valence-electron chi connectivity index (χ0n) is 11.4. The van der Waals surface area contributed by atoms with Crippen molar-refractivity contribution in [3.05, 3.63) is 29.3 Å². The highest BCUT2D eigenvalue weighted by Gasteiger charge is 2.45. The summed E-state index contributed by atoms with van der Waals surface area (Å²) in [6, 6.07) is 1.81. The van der Waals surface area contributed by atoms with Crippen molar-refractivity contribution in [1.29, 1.82) is 0 Å². The molecule has 1 aromatic rings. The monoisotopic (exact) mass is 301 g/mol. The van der Waals surface area contributed by atoms with E-state index in [9.17, 15) is 17.2 Å². The molecule has 20 heavy (non-hydrogen) atoms. The lowest BCUT2D eigenvalue weighted by atomic mass is 9.91. The summed E-state index contributed by atoms with van der Waals surface area (Å²) in [7, 11) is -3.75. The second-order valence-electron chi connectivity index (χ2n) is 5.83. The molecule has 2 aliphatic rings. The van der Waals surface area contributed by atoms with Crippen LogP contribution in [0.2, 0.25) is 0 Å². The number of hydrogen-bond donors (Lipinski definition) is 1. The molecule has 1 aliphatic carbocycles. The Kier molecular flexibility index (Phi) is 3.14. The molecule has 0 radical (unpaired) electrons. The van der Waals surface area contributed by atoms with Gasteiger partial charge in [-0.2, -0.15) is 0 Å². The molecule has 0 bridgehead atoms. The van der Waals surface area contributed by atoms with E-state index in [1.165, 1.54) is 0 Å². The van der Waals surface area contributed by atoms with Gasteiger partial charge in [0.1, 0.15) is 16.5 Å². The molecular weight excluding hydrogens is 284 g/mol. The fourth-order valence-electron chi connectivity index (χ4n) is 2.88. The van der Waals surface area contributed by atoms with E-state index in [1.54, 1.807) is 6.92 Å². The number of nitrogens with one attached hydrogen (secondary N) is 1. The van der Waals surface area contributed by atoms with Gasteiger partial charge in [0.15, 0.2) is 9.84 Å². The molecule has 3 atom stereocenters. The van der Waals surface area contributed by atoms with Crippen molar-refractivity contribution < 1.29 is 17.2 Å². The van der Waals surface area contributed by atoms with E-state index in [2.05, 4.69) is 5.32 Å². The lowest BCUT2D eigenvalue weighted by Gasteiger charge is -2.36. The summed E-state index contributed by atoms with van der Waals surface area (Å²) in [5.41, 5.74) is 0.236. The van der Waals surface area contributed by atoms with E-state index in [-0.39, 0.29) is 22.4 Å². The van der Waals surface area contributed by atoms with E-state index in [0.29, 0.717) is 12.1 Å². The molecule has 3 unspecified atom stereocenters. The Morgan fingerprint density at radius 1 is 1.20 bits per heavy atom. The van der Waals surface area contributed by atoms with Gasteiger partial charge in [0, 0.05) is 18.2 Å². The molecule has 1 N–H and O–H groups in total. The van der Waals surface area contributed by atoms with Crippen molar-refractivity contribution in [3.63, 3.8) is 0 Å². The molecule has 3 rings (SSSR count). The number of sulfone groups is 1. The molecule has 0 amide bonds. The van der Waals surface area contributed by atoms with Gasteiger partial charge < -0.3 is 5.32 Å². The topological polar surface area (TPSA) is 46.2 Å². The Labute approximate surface area is 117 Å². The van der Waals surface area contributed by atoms with Crippen LogP contribution in [0.25, 0.3) is 0 Å². The van der Waals surface area contributed by atoms with Crippen molar-refractivity contribution in [2.24, 2.45) is 5.92 Å². The molecule has 1 aliphatic heterocycles. The minimum Gasteiger partial charge on any atom is -0.307 e. The molecule has 1 saturated carbocycles. The Hall–Kier alpha value is -1.01. The summed E-state index contributed by atoms with van der Waals surface area (Å²) in [4.78, 5) is -0.331. The number of rotatable bonds is 2. The Morgan fingerprint density at radius 3 is 2.45 bits per heavy atom. The maximum Gasteiger partial charge on any atom is 0.184 e. The highest BCUT2D eigenvalue weighted by molar-refractivity contribution is 7.92. The zero-order valence-corrected chi connectivity index (χ0v) is 12.2. The van der Waals surface area contributed by atoms with E-state index < -0.39 is 26.7 Å². The molecule has 1 aromatic carbocycles. The molecule has 3 nitrogen and oxygen atoms in total. The summed E-state index contributed by atoms with van der Waals surface area (Å²) in [5, 5.41) is 2.63. The summed E-state index contributed by atoms with van der Waals surface area (Å²) in [6.07, 6.45) is 2.05. The Bertz CT molecular complexity index is 655. The third-order valence-electron chi connectivity index (χ3n) is 4.40. The van der Waals surface area contributed by atoms with E-state index in [4.69, 9.17) is 0 Å². The Morgan fingerprint density at radius 2 is 1.85 bits per heavy atom. The highest BCUT2D eigenvalue weighted by Crippen LogP contribution is 2.43. The van der Waals surface area contributed by atoms with Gasteiger partial charge >= 0.3 is 0 Å². The average Bonchev–Trinajstić information content (AvgIpc) is 3.15. The molecule has 1 heterocycles. The smallest absolute Gasteiger partial charge is 0.184 e. The maximum atomic E-state index is 14.0. The normalized spacial score (nSPS) is 31.9. The molecule has 1 fully saturated rings. The van der Waals surface area contributed by atoms with Gasteiger partial charge in [-0.25, -0.2) is 17.2 Å². The summed E-state index contributed by atoms with van der Waals surface area (Å²) in [6.45, 7) is 3.40. The van der Waals surface area contributed by atoms with Crippen molar-refractivity contribution in [2.75, 3.05) is 0 Å². The lowest BCUT2D eigenvalue weighted by Crippen LogP contribution is -2.42. The van der Waals surface area contributed by atoms with Gasteiger partial charge in [-0.05, 0) is 37.3 Å². The highest BCUT2D eigenvalue weighted by atomic mass is 32.2. The third kappa shape index (κ3) is 2.05. The largest absolute Gasteiger partial charge is 0.307 e. The summed E-state index contributed by atoms with van der Waals surface area (Å²) < 4.78 is 52.3. The second kappa shape index (κ2) is 4.49. The van der Waals surface area contributed by atoms with Crippen LogP contribution in [0.4, 0.5) is 8.78 Å². The SMILES string of the molecule is CC1C(NC2CC2)c2cc(F)cc(F)c2S(=O)(=O)C1C. The van der Waals surface area contributed by atoms with Gasteiger partial charge in [0.05, 0.1) is 5.25 Å². The van der Waals surface area contributed by atoms with E-state index in [0.717, 1.165) is 18.9 Å². The van der Waals surface area contributed by atoms with Gasteiger partial charge in [0.2, 0.25) is 0 Å². The molecule has 6 heteroatoms. The fraction of sp³-hybridized carbons (Fsp3) is 0.571. The molecule has 0 aromatic heterocycles. The first-order valence-corrected chi connectivity index (χ1v) is 8.36. The van der Waals surface area contributed by atoms with Crippen molar-refractivity contribution in [1.82, 2.24) is 5.32 Å². The van der Waals surface area contributed by atoms with Crippen molar-refractivity contribution >= 4 is 9.84 Å². The van der Waals surface area contributed by atoms with Crippen LogP contribution >= 0.6 is 0 Å². The summed E-state index contributed by atoms with van der Waals surface area (Å²) >= 11 is 0. The standard InChI is InChI=1S/C14H17F2NO2S/c1-7-8(2)20(18,19)14-11(5-9(15)6-12(14)16)13(7)17-10-3-4-10/h5-8,10,13,17H,3-4H2,1-2H3. The molecular formula is C14H17F2NO2S. The molecule has 0 spiro atoms. The van der Waals surface area contributed by atoms with Gasteiger partial charge in [-0.3, -0.25) is 0 Å². The van der Waals surface area contributed by atoms with Gasteiger partial charge in [-0.15, -0.1) is 0 Å². The van der Waals surface area contributed by atoms with E-state index >= 15 is 0 Å². The van der Waals surface area contributed by atoms with Crippen LogP contribution in [0.5, 0.6) is 0 Å². The van der Waals surface area contributed by atoms with Crippen LogP contribution in [0.15, 0.2) is 17.0 Å². The van der Waals surface area contributed by atoms with Crippen LogP contribution < -0.4 is 5.32 Å². The van der Waals surface area contributed by atoms with Gasteiger partial charge in [-0.1, -0.05) is 6.92 Å². The Balaban J connectivity index is 2.20. The van der Waals surface area contributed by atoms with Gasteiger partial charge in [0.25, 0.3) is 0 Å². The number of halogens is 2. The van der Waals surface area contributed by atoms with Crippen molar-refractivity contribution in [3.8, 4) is 0 Å². The van der Waals surface area contributed by atoms with E-state index in [1.807, 2.05) is 6.92 Å². The van der Waals surface area contributed by atoms with Crippen LogP contribution in [0.1, 0.15) is 38.3 Å². The number of fused-ring (bicyclic) bond motifs is 1. The minimum absolute atomic E-state index is 0.228. The zero-order chi connectivity index (χ0) is 14.7. The first-order valence-electron chi connectivity index (χ1n) is 6.81. The van der Waals surface area contributed by atoms with Crippen molar-refractivity contribution in [2.45, 2.75) is 48.9 Å². The fourth-order valence-corrected chi connectivity index (χ4v) is 4.82. The van der Waals surface area contributed by atoms with Crippen LogP contribution in [-0.4, -0.2) is 19.7 Å². The maximum absolute atomic E-state index is 14.0. The average molecular weight is 301 g/mol. The first kappa shape index (κ1) is 13.9. The molecule has 110 valence electrons. The van der Waals surface area contributed by atoms with Crippen LogP contribution in [0.3, 0.4) is 0 Å². The van der Waals surface area contributed by atoms with Crippen LogP contribution in [-0.2, 0) is 9.84 Å².